The van der Waals surface area contributed by atoms with E-state index in [1.54, 1.807) is 0 Å². The summed E-state index contributed by atoms with van der Waals surface area (Å²) in [5, 5.41) is 2.47. The second-order valence-electron chi connectivity index (χ2n) is 5.53. The highest BCUT2D eigenvalue weighted by Gasteiger charge is 2.31. The number of amides is 1. The fourth-order valence-corrected chi connectivity index (χ4v) is 3.17. The van der Waals surface area contributed by atoms with Gasteiger partial charge in [0, 0.05) is 18.9 Å². The van der Waals surface area contributed by atoms with Crippen molar-refractivity contribution < 1.29 is 30.8 Å². The summed E-state index contributed by atoms with van der Waals surface area (Å²) in [6.07, 6.45) is -3.69. The minimum Gasteiger partial charge on any atom is -0.345 e. The van der Waals surface area contributed by atoms with Crippen molar-refractivity contribution in [1.82, 2.24) is 9.29 Å². The third kappa shape index (κ3) is 4.82. The summed E-state index contributed by atoms with van der Waals surface area (Å²) >= 11 is 0. The third-order valence-corrected chi connectivity index (χ3v) is 4.77. The Bertz CT molecular complexity index is 936. The van der Waals surface area contributed by atoms with Crippen molar-refractivity contribution in [2.45, 2.75) is 18.0 Å². The van der Waals surface area contributed by atoms with Crippen LogP contribution >= 0.6 is 0 Å². The summed E-state index contributed by atoms with van der Waals surface area (Å²) in [6, 6.07) is 4.82. The van der Waals surface area contributed by atoms with Crippen molar-refractivity contribution in [2.75, 3.05) is 11.9 Å². The molecule has 0 fully saturated rings. The largest absolute Gasteiger partial charge is 0.402 e. The van der Waals surface area contributed by atoms with Crippen LogP contribution in [0.1, 0.15) is 16.1 Å². The van der Waals surface area contributed by atoms with Crippen LogP contribution < -0.4 is 10.0 Å². The van der Waals surface area contributed by atoms with E-state index in [1.807, 2.05) is 0 Å². The lowest BCUT2D eigenvalue weighted by atomic mass is 10.2. The average molecular weight is 393 g/mol. The number of aromatic nitrogens is 1. The number of anilines is 1. The van der Waals surface area contributed by atoms with Gasteiger partial charge in [-0.3, -0.25) is 4.79 Å². The summed E-state index contributed by atoms with van der Waals surface area (Å²) in [5.41, 5.74) is 0.489. The molecular formula is C15H15F4N3O3S. The summed E-state index contributed by atoms with van der Waals surface area (Å²) in [4.78, 5) is 11.8. The molecule has 1 heterocycles. The molecule has 2 rings (SSSR count). The number of hydrogen-bond donors (Lipinski definition) is 2. The van der Waals surface area contributed by atoms with Gasteiger partial charge in [0.15, 0.2) is 0 Å². The first-order valence-corrected chi connectivity index (χ1v) is 8.67. The minimum absolute atomic E-state index is 0.0978. The zero-order valence-electron chi connectivity index (χ0n) is 13.7. The molecular weight excluding hydrogens is 378 g/mol. The molecule has 1 amide bonds. The molecule has 26 heavy (non-hydrogen) atoms. The van der Waals surface area contributed by atoms with Crippen molar-refractivity contribution >= 4 is 21.6 Å². The number of halogens is 4. The van der Waals surface area contributed by atoms with Crippen LogP contribution in [-0.2, 0) is 17.1 Å². The molecule has 0 saturated heterocycles. The molecule has 0 spiro atoms. The molecule has 11 heteroatoms. The Labute approximate surface area is 146 Å². The summed E-state index contributed by atoms with van der Waals surface area (Å²) in [5.74, 6) is -1.15. The van der Waals surface area contributed by atoms with Gasteiger partial charge in [-0.25, -0.2) is 17.5 Å². The standard InChI is InChI=1S/C15H15F4N3O3S/c1-9-5-10(3-4-12(9)16)21-14(23)13-6-11(7-22(13)2)26(24,25)20-8-15(17,18)19/h3-7,20H,8H2,1-2H3,(H,21,23). The average Bonchev–Trinajstić information content (AvgIpc) is 2.91. The Kier molecular flexibility index (Phi) is 5.42. The number of rotatable bonds is 5. The zero-order valence-corrected chi connectivity index (χ0v) is 14.5. The van der Waals surface area contributed by atoms with E-state index < -0.39 is 39.4 Å². The lowest BCUT2D eigenvalue weighted by Gasteiger charge is -2.07. The maximum absolute atomic E-state index is 13.2. The molecule has 0 aliphatic heterocycles. The first-order valence-electron chi connectivity index (χ1n) is 7.19. The van der Waals surface area contributed by atoms with Crippen LogP contribution in [0.3, 0.4) is 0 Å². The van der Waals surface area contributed by atoms with Crippen LogP contribution in [0.15, 0.2) is 35.4 Å². The van der Waals surface area contributed by atoms with E-state index >= 15 is 0 Å². The van der Waals surface area contributed by atoms with Gasteiger partial charge in [-0.1, -0.05) is 0 Å². The topological polar surface area (TPSA) is 80.2 Å². The molecule has 1 aromatic heterocycles. The van der Waals surface area contributed by atoms with Gasteiger partial charge < -0.3 is 9.88 Å². The Morgan fingerprint density at radius 1 is 1.23 bits per heavy atom. The summed E-state index contributed by atoms with van der Waals surface area (Å²) in [7, 11) is -3.07. The van der Waals surface area contributed by atoms with Crippen LogP contribution in [0.25, 0.3) is 0 Å². The van der Waals surface area contributed by atoms with Crippen molar-refractivity contribution in [3.8, 4) is 0 Å². The van der Waals surface area contributed by atoms with E-state index in [0.29, 0.717) is 5.56 Å². The van der Waals surface area contributed by atoms with Gasteiger partial charge in [0.2, 0.25) is 10.0 Å². The quantitative estimate of drug-likeness (QED) is 0.767. The number of carbonyl (C=O) groups excluding carboxylic acids is 1. The zero-order chi connectivity index (χ0) is 19.7. The van der Waals surface area contributed by atoms with Crippen LogP contribution in [-0.4, -0.2) is 31.6 Å². The maximum atomic E-state index is 13.2. The Balaban J connectivity index is 2.21. The molecule has 0 bridgehead atoms. The van der Waals surface area contributed by atoms with Crippen molar-refractivity contribution in [2.24, 2.45) is 7.05 Å². The van der Waals surface area contributed by atoms with Gasteiger partial charge in [-0.05, 0) is 36.8 Å². The predicted octanol–water partition coefficient (Wildman–Crippen LogP) is 2.57. The monoisotopic (exact) mass is 393 g/mol. The van der Waals surface area contributed by atoms with E-state index in [1.165, 1.54) is 30.8 Å². The van der Waals surface area contributed by atoms with Crippen molar-refractivity contribution in [3.05, 3.63) is 47.5 Å². The van der Waals surface area contributed by atoms with Crippen LogP contribution in [0.5, 0.6) is 0 Å². The molecule has 1 aromatic carbocycles. The van der Waals surface area contributed by atoms with Crippen LogP contribution in [0.4, 0.5) is 23.2 Å². The highest BCUT2D eigenvalue weighted by atomic mass is 32.2. The fraction of sp³-hybridized carbons (Fsp3) is 0.267. The highest BCUT2D eigenvalue weighted by molar-refractivity contribution is 7.89. The Hall–Kier alpha value is -2.40. The van der Waals surface area contributed by atoms with Crippen LogP contribution in [0, 0.1) is 12.7 Å². The first-order chi connectivity index (χ1) is 11.9. The van der Waals surface area contributed by atoms with Crippen molar-refractivity contribution in [1.29, 1.82) is 0 Å². The number of alkyl halides is 3. The SMILES string of the molecule is Cc1cc(NC(=O)c2cc(S(=O)(=O)NCC(F)(F)F)cn2C)ccc1F. The lowest BCUT2D eigenvalue weighted by molar-refractivity contribution is -0.121. The highest BCUT2D eigenvalue weighted by Crippen LogP contribution is 2.19. The molecule has 2 aromatic rings. The molecule has 0 saturated carbocycles. The fourth-order valence-electron chi connectivity index (χ4n) is 2.08. The van der Waals surface area contributed by atoms with Gasteiger partial charge in [0.1, 0.15) is 23.0 Å². The van der Waals surface area contributed by atoms with Gasteiger partial charge in [-0.15, -0.1) is 0 Å². The molecule has 2 N–H and O–H groups in total. The van der Waals surface area contributed by atoms with Gasteiger partial charge in [-0.2, -0.15) is 13.2 Å². The molecule has 0 atom stereocenters. The minimum atomic E-state index is -4.71. The second-order valence-corrected chi connectivity index (χ2v) is 7.30. The number of carbonyl (C=O) groups is 1. The molecule has 0 radical (unpaired) electrons. The maximum Gasteiger partial charge on any atom is 0.402 e. The molecule has 0 aliphatic carbocycles. The van der Waals surface area contributed by atoms with Crippen LogP contribution in [0.2, 0.25) is 0 Å². The predicted molar refractivity (Wildman–Crippen MR) is 85.7 cm³/mol. The van der Waals surface area contributed by atoms with E-state index in [2.05, 4.69) is 5.32 Å². The Morgan fingerprint density at radius 2 is 1.88 bits per heavy atom. The number of benzene rings is 1. The van der Waals surface area contributed by atoms with Gasteiger partial charge in [0.25, 0.3) is 5.91 Å². The molecule has 0 aliphatic rings. The van der Waals surface area contributed by atoms with Gasteiger partial charge in [0.05, 0.1) is 0 Å². The smallest absolute Gasteiger partial charge is 0.345 e. The van der Waals surface area contributed by atoms with Gasteiger partial charge >= 0.3 is 6.18 Å². The Morgan fingerprint density at radius 3 is 2.46 bits per heavy atom. The number of sulfonamides is 1. The molecule has 0 unspecified atom stereocenters. The van der Waals surface area contributed by atoms with E-state index in [4.69, 9.17) is 0 Å². The third-order valence-electron chi connectivity index (χ3n) is 3.40. The second kappa shape index (κ2) is 7.08. The number of hydrogen-bond acceptors (Lipinski definition) is 3. The number of nitrogens with zero attached hydrogens (tertiary/aromatic N) is 1. The molecule has 6 nitrogen and oxygen atoms in total. The summed E-state index contributed by atoms with van der Waals surface area (Å²) < 4.78 is 76.2. The first kappa shape index (κ1) is 19.9. The van der Waals surface area contributed by atoms with E-state index in [-0.39, 0.29) is 11.4 Å². The number of aryl methyl sites for hydroxylation is 2. The summed E-state index contributed by atoms with van der Waals surface area (Å²) in [6.45, 7) is -0.217. The van der Waals surface area contributed by atoms with Crippen molar-refractivity contribution in [3.63, 3.8) is 0 Å². The molecule has 142 valence electrons. The normalized spacial score (nSPS) is 12.2. The lowest BCUT2D eigenvalue weighted by Crippen LogP contribution is -2.33. The van der Waals surface area contributed by atoms with E-state index in [0.717, 1.165) is 22.9 Å². The van der Waals surface area contributed by atoms with E-state index in [9.17, 15) is 30.8 Å². The number of nitrogens with one attached hydrogen (secondary N) is 2.